The molecule has 1 N–H and O–H groups in total. The van der Waals surface area contributed by atoms with E-state index in [0.717, 1.165) is 11.3 Å². The first kappa shape index (κ1) is 18.6. The molecule has 2 rings (SSSR count). The second kappa shape index (κ2) is 8.41. The van der Waals surface area contributed by atoms with Crippen LogP contribution in [0.25, 0.3) is 0 Å². The minimum absolute atomic E-state index is 0.0661. The summed E-state index contributed by atoms with van der Waals surface area (Å²) in [5, 5.41) is 2.70. The van der Waals surface area contributed by atoms with Crippen LogP contribution >= 0.6 is 0 Å². The van der Waals surface area contributed by atoms with Crippen molar-refractivity contribution < 1.29 is 27.4 Å². The van der Waals surface area contributed by atoms with Crippen molar-refractivity contribution >= 4 is 5.91 Å². The van der Waals surface area contributed by atoms with Gasteiger partial charge in [-0.25, -0.2) is 0 Å². The molecule has 0 aliphatic rings. The predicted octanol–water partition coefficient (Wildman–Crippen LogP) is 3.63. The predicted molar refractivity (Wildman–Crippen MR) is 86.5 cm³/mol. The Bertz CT molecular complexity index is 699. The standard InChI is InChI=1S/C18H18F3NO3/c1-13-4-2-3-5-16(13)24-11-10-22-17(23)12-14-6-8-15(9-7-14)25-18(19,20)21/h2-9H,10-12H2,1H3,(H,22,23). The molecule has 0 saturated carbocycles. The molecule has 7 heteroatoms. The lowest BCUT2D eigenvalue weighted by Gasteiger charge is -2.10. The number of hydrogen-bond acceptors (Lipinski definition) is 3. The molecule has 0 aliphatic heterocycles. The van der Waals surface area contributed by atoms with Crippen LogP contribution in [0.15, 0.2) is 48.5 Å². The van der Waals surface area contributed by atoms with Crippen molar-refractivity contribution in [2.75, 3.05) is 13.2 Å². The Kier molecular flexibility index (Phi) is 6.27. The zero-order chi connectivity index (χ0) is 18.3. The number of rotatable bonds is 7. The van der Waals surface area contributed by atoms with Crippen molar-refractivity contribution in [2.24, 2.45) is 0 Å². The van der Waals surface area contributed by atoms with Crippen LogP contribution in [0.4, 0.5) is 13.2 Å². The normalized spacial score (nSPS) is 11.0. The van der Waals surface area contributed by atoms with Gasteiger partial charge in [0, 0.05) is 0 Å². The summed E-state index contributed by atoms with van der Waals surface area (Å²) in [5.41, 5.74) is 1.60. The summed E-state index contributed by atoms with van der Waals surface area (Å²) in [6, 6.07) is 12.8. The Morgan fingerprint density at radius 3 is 2.40 bits per heavy atom. The number of benzene rings is 2. The highest BCUT2D eigenvalue weighted by atomic mass is 19.4. The average molecular weight is 353 g/mol. The molecule has 134 valence electrons. The van der Waals surface area contributed by atoms with E-state index in [1.54, 1.807) is 0 Å². The fourth-order valence-corrected chi connectivity index (χ4v) is 2.13. The van der Waals surface area contributed by atoms with Crippen molar-refractivity contribution in [2.45, 2.75) is 19.7 Å². The van der Waals surface area contributed by atoms with E-state index in [0.29, 0.717) is 18.7 Å². The third kappa shape index (κ3) is 6.74. The van der Waals surface area contributed by atoms with Crippen LogP contribution in [-0.4, -0.2) is 25.4 Å². The van der Waals surface area contributed by atoms with Crippen molar-refractivity contribution in [1.29, 1.82) is 0 Å². The van der Waals surface area contributed by atoms with Gasteiger partial charge in [-0.1, -0.05) is 30.3 Å². The van der Waals surface area contributed by atoms with Gasteiger partial charge in [0.1, 0.15) is 18.1 Å². The van der Waals surface area contributed by atoms with Gasteiger partial charge in [0.25, 0.3) is 0 Å². The summed E-state index contributed by atoms with van der Waals surface area (Å²) < 4.78 is 45.6. The largest absolute Gasteiger partial charge is 0.573 e. The van der Waals surface area contributed by atoms with Gasteiger partial charge in [-0.2, -0.15) is 0 Å². The molecule has 0 unspecified atom stereocenters. The van der Waals surface area contributed by atoms with Gasteiger partial charge in [0.2, 0.25) is 5.91 Å². The lowest BCUT2D eigenvalue weighted by Crippen LogP contribution is -2.29. The number of hydrogen-bond donors (Lipinski definition) is 1. The highest BCUT2D eigenvalue weighted by Crippen LogP contribution is 2.22. The number of aryl methyl sites for hydroxylation is 1. The fraction of sp³-hybridized carbons (Fsp3) is 0.278. The monoisotopic (exact) mass is 353 g/mol. The number of halogens is 3. The molecule has 2 aromatic carbocycles. The van der Waals surface area contributed by atoms with E-state index in [2.05, 4.69) is 10.1 Å². The molecule has 1 amide bonds. The van der Waals surface area contributed by atoms with E-state index in [4.69, 9.17) is 4.74 Å². The number of nitrogens with one attached hydrogen (secondary N) is 1. The minimum atomic E-state index is -4.73. The van der Waals surface area contributed by atoms with Crippen LogP contribution in [0.3, 0.4) is 0 Å². The molecule has 0 heterocycles. The van der Waals surface area contributed by atoms with Crippen LogP contribution in [-0.2, 0) is 11.2 Å². The van der Waals surface area contributed by atoms with Gasteiger partial charge in [0.05, 0.1) is 13.0 Å². The quantitative estimate of drug-likeness (QED) is 0.774. The second-order valence-electron chi connectivity index (χ2n) is 5.33. The highest BCUT2D eigenvalue weighted by Gasteiger charge is 2.30. The van der Waals surface area contributed by atoms with Gasteiger partial charge >= 0.3 is 6.36 Å². The number of alkyl halides is 3. The van der Waals surface area contributed by atoms with Gasteiger partial charge < -0.3 is 14.8 Å². The molecule has 2 aromatic rings. The van der Waals surface area contributed by atoms with Crippen LogP contribution in [0.5, 0.6) is 11.5 Å². The Labute approximate surface area is 143 Å². The molecule has 4 nitrogen and oxygen atoms in total. The molecule has 0 aliphatic carbocycles. The van der Waals surface area contributed by atoms with E-state index < -0.39 is 6.36 Å². The van der Waals surface area contributed by atoms with Gasteiger partial charge in [0.15, 0.2) is 0 Å². The first-order chi connectivity index (χ1) is 11.8. The number of para-hydroxylation sites is 1. The van der Waals surface area contributed by atoms with E-state index in [1.165, 1.54) is 24.3 Å². The first-order valence-electron chi connectivity index (χ1n) is 7.63. The summed E-state index contributed by atoms with van der Waals surface area (Å²) >= 11 is 0. The van der Waals surface area contributed by atoms with Gasteiger partial charge in [-0.15, -0.1) is 13.2 Å². The zero-order valence-corrected chi connectivity index (χ0v) is 13.6. The van der Waals surface area contributed by atoms with E-state index in [1.807, 2.05) is 31.2 Å². The number of ether oxygens (including phenoxy) is 2. The maximum atomic E-state index is 12.1. The van der Waals surface area contributed by atoms with Crippen molar-refractivity contribution in [3.63, 3.8) is 0 Å². The molecular weight excluding hydrogens is 335 g/mol. The van der Waals surface area contributed by atoms with Crippen molar-refractivity contribution in [3.8, 4) is 11.5 Å². The summed E-state index contributed by atoms with van der Waals surface area (Å²) in [6.45, 7) is 2.59. The SMILES string of the molecule is Cc1ccccc1OCCNC(=O)Cc1ccc(OC(F)(F)F)cc1. The van der Waals surface area contributed by atoms with Crippen molar-refractivity contribution in [3.05, 3.63) is 59.7 Å². The summed E-state index contributed by atoms with van der Waals surface area (Å²) in [7, 11) is 0. The number of carbonyl (C=O) groups is 1. The van der Waals surface area contributed by atoms with Crippen LogP contribution in [0.1, 0.15) is 11.1 Å². The molecule has 0 saturated heterocycles. The second-order valence-corrected chi connectivity index (χ2v) is 5.33. The molecule has 0 bridgehead atoms. The number of carbonyl (C=O) groups excluding carboxylic acids is 1. The molecule has 0 aromatic heterocycles. The molecule has 0 spiro atoms. The van der Waals surface area contributed by atoms with Crippen LogP contribution < -0.4 is 14.8 Å². The topological polar surface area (TPSA) is 47.6 Å². The number of amides is 1. The third-order valence-electron chi connectivity index (χ3n) is 3.30. The Morgan fingerprint density at radius 2 is 1.76 bits per heavy atom. The van der Waals surface area contributed by atoms with Gasteiger partial charge in [-0.05, 0) is 36.2 Å². The smallest absolute Gasteiger partial charge is 0.491 e. The first-order valence-corrected chi connectivity index (χ1v) is 7.63. The van der Waals surface area contributed by atoms with E-state index in [9.17, 15) is 18.0 Å². The van der Waals surface area contributed by atoms with E-state index in [-0.39, 0.29) is 18.1 Å². The molecule has 0 radical (unpaired) electrons. The summed E-state index contributed by atoms with van der Waals surface area (Å²) in [5.74, 6) is 0.207. The maximum Gasteiger partial charge on any atom is 0.573 e. The Morgan fingerprint density at radius 1 is 1.08 bits per heavy atom. The van der Waals surface area contributed by atoms with Gasteiger partial charge in [-0.3, -0.25) is 4.79 Å². The third-order valence-corrected chi connectivity index (χ3v) is 3.30. The minimum Gasteiger partial charge on any atom is -0.491 e. The molecular formula is C18H18F3NO3. The molecule has 0 atom stereocenters. The summed E-state index contributed by atoms with van der Waals surface area (Å²) in [4.78, 5) is 11.8. The Balaban J connectivity index is 1.72. The van der Waals surface area contributed by atoms with E-state index >= 15 is 0 Å². The molecule has 25 heavy (non-hydrogen) atoms. The van der Waals surface area contributed by atoms with Crippen LogP contribution in [0, 0.1) is 6.92 Å². The lowest BCUT2D eigenvalue weighted by atomic mass is 10.1. The zero-order valence-electron chi connectivity index (χ0n) is 13.6. The maximum absolute atomic E-state index is 12.1. The Hall–Kier alpha value is -2.70. The van der Waals surface area contributed by atoms with Crippen LogP contribution in [0.2, 0.25) is 0 Å². The van der Waals surface area contributed by atoms with Crippen molar-refractivity contribution in [1.82, 2.24) is 5.32 Å². The fourth-order valence-electron chi connectivity index (χ4n) is 2.13. The summed E-state index contributed by atoms with van der Waals surface area (Å²) in [6.07, 6.45) is -4.66. The lowest BCUT2D eigenvalue weighted by molar-refractivity contribution is -0.274. The highest BCUT2D eigenvalue weighted by molar-refractivity contribution is 5.78. The average Bonchev–Trinajstić information content (AvgIpc) is 2.54. The molecule has 0 fully saturated rings.